The molecule has 38 nitrogen and oxygen atoms in total. The predicted molar refractivity (Wildman–Crippen MR) is 593 cm³/mol. The van der Waals surface area contributed by atoms with E-state index in [0.29, 0.717) is 58.7 Å². The van der Waals surface area contributed by atoms with E-state index in [2.05, 4.69) is 111 Å². The van der Waals surface area contributed by atoms with Crippen molar-refractivity contribution in [1.82, 2.24) is 108 Å². The molecule has 0 unspecified atom stereocenters. The number of nitrogens with one attached hydrogen (secondary N) is 3. The number of amides is 1. The van der Waals surface area contributed by atoms with Crippen LogP contribution < -0.4 is 67.5 Å². The van der Waals surface area contributed by atoms with Gasteiger partial charge in [0.1, 0.15) is 40.2 Å². The SMILES string of the molecule is C.C.C.C.CNCCCN(c1cc(OC)cc(OC)c1)c1ccc2ncc(-c3cnn(C)c3)nc2c1.COc1cc(C(=O)N2CCCC2)cc(N(CCCN2CCCC2)c2ccc3ncc(-c4cnn(C)c4)nc3c2)c1.COc1cc(OC)cc(N(CC2CC2)c2ccc3ncc(-c4cnn(CCNS(=O)(=O)N(C)C)c4)nc3c2)c1.COc1cc(OC)cc(N(CCNS(C)(=O)=O)c2ccc3ncc(-c4cnn(C)c4)nc3c2)c1. The van der Waals surface area contributed by atoms with E-state index < -0.39 is 20.2 Å². The maximum Gasteiger partial charge on any atom is 0.278 e. The van der Waals surface area contributed by atoms with Crippen LogP contribution in [0.15, 0.2) is 220 Å². The second-order valence-electron chi connectivity index (χ2n) is 35.8. The van der Waals surface area contributed by atoms with Gasteiger partial charge in [-0.15, -0.1) is 0 Å². The number of carbonyl (C=O) groups is 1. The minimum atomic E-state index is -3.48. The van der Waals surface area contributed by atoms with Crippen molar-refractivity contribution >= 4 is 116 Å². The zero-order chi connectivity index (χ0) is 102. The first-order valence-electron chi connectivity index (χ1n) is 48.0. The van der Waals surface area contributed by atoms with Gasteiger partial charge in [-0.2, -0.15) is 33.1 Å². The van der Waals surface area contributed by atoms with Crippen LogP contribution in [0.4, 0.5) is 45.5 Å². The van der Waals surface area contributed by atoms with Gasteiger partial charge in [0, 0.05) is 246 Å². The van der Waals surface area contributed by atoms with Gasteiger partial charge in [0.25, 0.3) is 16.1 Å². The Hall–Kier alpha value is -15.1. The molecule has 0 radical (unpaired) electrons. The van der Waals surface area contributed by atoms with Crippen LogP contribution in [0, 0.1) is 5.92 Å². The molecular weight excluding hydrogens is 1930 g/mol. The van der Waals surface area contributed by atoms with Crippen LogP contribution in [-0.2, 0) is 47.9 Å². The highest BCUT2D eigenvalue weighted by molar-refractivity contribution is 7.88. The van der Waals surface area contributed by atoms with E-state index >= 15 is 0 Å². The number of carbonyl (C=O) groups excluding carboxylic acids is 1. The van der Waals surface area contributed by atoms with Gasteiger partial charge < -0.3 is 67.9 Å². The summed E-state index contributed by atoms with van der Waals surface area (Å²) in [7, 11) is 15.2. The lowest BCUT2D eigenvalue weighted by Gasteiger charge is -2.28. The van der Waals surface area contributed by atoms with Crippen molar-refractivity contribution in [3.8, 4) is 85.3 Å². The number of aryl methyl sites for hydroxylation is 3. The average molecular weight is 2070 g/mol. The molecule has 0 spiro atoms. The molecule has 16 aromatic rings. The van der Waals surface area contributed by atoms with E-state index in [1.807, 2.05) is 166 Å². The summed E-state index contributed by atoms with van der Waals surface area (Å²) in [5.41, 5.74) is 21.1. The maximum atomic E-state index is 13.4. The van der Waals surface area contributed by atoms with Crippen molar-refractivity contribution in [1.29, 1.82) is 0 Å². The van der Waals surface area contributed by atoms with E-state index in [1.54, 1.807) is 124 Å². The molecule has 8 aromatic heterocycles. The summed E-state index contributed by atoms with van der Waals surface area (Å²) >= 11 is 0. The number of fused-ring (bicyclic) bond motifs is 4. The number of benzene rings is 8. The third-order valence-corrected chi connectivity index (χ3v) is 27.4. The van der Waals surface area contributed by atoms with Gasteiger partial charge in [0.2, 0.25) is 10.0 Å². The van der Waals surface area contributed by atoms with Crippen molar-refractivity contribution in [2.24, 2.45) is 27.1 Å². The quantitative estimate of drug-likeness (QED) is 0.0301. The lowest BCUT2D eigenvalue weighted by atomic mass is 10.1. The second-order valence-corrected chi connectivity index (χ2v) is 39.6. The van der Waals surface area contributed by atoms with Crippen molar-refractivity contribution in [3.05, 3.63) is 226 Å². The summed E-state index contributed by atoms with van der Waals surface area (Å²) in [6, 6.07) is 47.4. The Morgan fingerprint density at radius 3 is 1.09 bits per heavy atom. The van der Waals surface area contributed by atoms with Crippen LogP contribution in [0.1, 0.15) is 91.4 Å². The minimum absolute atomic E-state index is 0. The van der Waals surface area contributed by atoms with Gasteiger partial charge >= 0.3 is 0 Å². The Bertz CT molecular complexity index is 7350. The Morgan fingerprint density at radius 2 is 0.725 bits per heavy atom. The molecule has 1 saturated carbocycles. The third kappa shape index (κ3) is 29.3. The topological polar surface area (TPSA) is 383 Å². The highest BCUT2D eigenvalue weighted by atomic mass is 32.2. The largest absolute Gasteiger partial charge is 0.497 e. The number of aromatic nitrogens is 16. The summed E-state index contributed by atoms with van der Waals surface area (Å²) in [6.07, 6.45) is 31.9. The summed E-state index contributed by atoms with van der Waals surface area (Å²) in [4.78, 5) is 64.6. The van der Waals surface area contributed by atoms with E-state index in [1.165, 1.54) is 52.9 Å². The lowest BCUT2D eigenvalue weighted by Crippen LogP contribution is -2.37. The Balaban J connectivity index is 0.000000175. The zero-order valence-electron chi connectivity index (χ0n) is 84.2. The number of sulfonamides is 1. The van der Waals surface area contributed by atoms with Crippen molar-refractivity contribution < 1.29 is 54.8 Å². The first-order valence-corrected chi connectivity index (χ1v) is 51.4. The molecule has 1 aliphatic carbocycles. The third-order valence-electron chi connectivity index (χ3n) is 25.1. The van der Waals surface area contributed by atoms with Gasteiger partial charge in [-0.3, -0.25) is 43.5 Å². The highest BCUT2D eigenvalue weighted by Gasteiger charge is 2.29. The molecule has 2 saturated heterocycles. The molecule has 19 rings (SSSR count). The Labute approximate surface area is 874 Å². The molecule has 40 heteroatoms. The number of methoxy groups -OCH3 is 7. The molecule has 3 N–H and O–H groups in total. The average Bonchev–Trinajstić information content (AvgIpc) is 1.77. The standard InChI is InChI=1S/C31H37N7O2.C27H33N7O4S.C24H28N6O2.C23H26N6O4S.4CH4/c1-35-22-24(20-33-35)30-21-32-28-9-8-25(19-29(28)34-30)38(15-7-12-36-10-3-4-11-36)26-16-23(17-27(18-26)40-2)31(39)37-13-5-6-14-37;1-32(2)39(35,36)30-9-10-33-18-20(15-29-33)27-16-28-25-8-7-21(13-26(25)31-27)34(17-19-5-6-19)22-11-23(37-3)14-24(12-22)38-4;1-25-8-5-9-30(19-10-20(31-3)13-21(11-19)32-4)18-6-7-22-23(12-18)28-24(15-26-22)17-14-27-29(2)16-17;1-28-15-16(13-25-28)23-14-24-21-6-5-17(11-22(21)27-23)29(8-7-26-34(4,30)31)18-9-19(32-2)12-20(10-18)33-3;;;;/h8-9,16-22H,3-7,10-15H2,1-2H3;7-8,11-16,18-19,30H,5-6,9-10,17H2,1-4H3;6-7,10-16,25H,5,8-9H2,1-4H3;5-6,9-15,26H,7-8H2,1-4H3;4*1H4. The number of nitrogens with zero attached hydrogens (tertiary/aromatic N) is 23. The van der Waals surface area contributed by atoms with Crippen LogP contribution in [-0.4, -0.2) is 272 Å². The fourth-order valence-electron chi connectivity index (χ4n) is 17.2. The molecule has 3 fully saturated rings. The van der Waals surface area contributed by atoms with Crippen molar-refractivity contribution in [2.45, 2.75) is 87.6 Å². The van der Waals surface area contributed by atoms with Gasteiger partial charge in [0.05, 0.1) is 179 Å². The lowest BCUT2D eigenvalue weighted by molar-refractivity contribution is 0.0792. The number of hydrogen-bond acceptors (Lipinski definition) is 30. The van der Waals surface area contributed by atoms with Crippen LogP contribution in [0.3, 0.4) is 0 Å². The number of anilines is 8. The van der Waals surface area contributed by atoms with Gasteiger partial charge in [-0.1, -0.05) is 29.7 Å². The van der Waals surface area contributed by atoms with Crippen LogP contribution >= 0.6 is 0 Å². The molecule has 790 valence electrons. The first-order chi connectivity index (χ1) is 70.2. The van der Waals surface area contributed by atoms with E-state index in [0.717, 1.165) is 223 Å². The van der Waals surface area contributed by atoms with Gasteiger partial charge in [0.15, 0.2) is 0 Å². The van der Waals surface area contributed by atoms with Crippen LogP contribution in [0.5, 0.6) is 40.2 Å². The normalized spacial score (nSPS) is 12.8. The molecule has 0 atom stereocenters. The maximum absolute atomic E-state index is 13.4. The Kier molecular flexibility index (Phi) is 39.3. The van der Waals surface area contributed by atoms with E-state index in [-0.39, 0.29) is 48.7 Å². The number of hydrogen-bond donors (Lipinski definition) is 3. The summed E-state index contributed by atoms with van der Waals surface area (Å²) in [6.45, 7) is 9.64. The molecule has 149 heavy (non-hydrogen) atoms. The fourth-order valence-corrected chi connectivity index (χ4v) is 18.3. The van der Waals surface area contributed by atoms with Crippen LogP contribution in [0.25, 0.3) is 89.2 Å². The molecular formula is C109H140N26O12S2. The van der Waals surface area contributed by atoms with Crippen LogP contribution in [0.2, 0.25) is 0 Å². The van der Waals surface area contributed by atoms with Gasteiger partial charge in [-0.05, 0) is 175 Å². The van der Waals surface area contributed by atoms with Gasteiger partial charge in [-0.25, -0.2) is 37.8 Å². The summed E-state index contributed by atoms with van der Waals surface area (Å²) < 4.78 is 98.8. The summed E-state index contributed by atoms with van der Waals surface area (Å²) in [5, 5.41) is 20.3. The van der Waals surface area contributed by atoms with Crippen molar-refractivity contribution in [3.63, 3.8) is 0 Å². The molecule has 2 aliphatic heterocycles. The Morgan fingerprint density at radius 1 is 0.376 bits per heavy atom. The molecule has 3 aliphatic rings. The minimum Gasteiger partial charge on any atom is -0.497 e. The first kappa shape index (κ1) is 113. The zero-order valence-corrected chi connectivity index (χ0v) is 85.8. The predicted octanol–water partition coefficient (Wildman–Crippen LogP) is 17.4. The number of likely N-dealkylation sites (tertiary alicyclic amines) is 2. The number of rotatable bonds is 39. The summed E-state index contributed by atoms with van der Waals surface area (Å²) in [5.74, 6) is 5.60. The monoisotopic (exact) mass is 2070 g/mol. The second kappa shape index (κ2) is 52.0. The highest BCUT2D eigenvalue weighted by Crippen LogP contribution is 2.42. The van der Waals surface area contributed by atoms with Crippen molar-refractivity contribution in [2.75, 3.05) is 175 Å². The molecule has 10 heterocycles. The number of ether oxygens (including phenoxy) is 7. The smallest absolute Gasteiger partial charge is 0.278 e. The molecule has 8 aromatic carbocycles. The fraction of sp³-hybridized carbons (Fsp3) is 0.367. The van der Waals surface area contributed by atoms with E-state index in [9.17, 15) is 21.6 Å². The van der Waals surface area contributed by atoms with E-state index in [4.69, 9.17) is 53.1 Å². The molecule has 0 bridgehead atoms. The molecule has 1 amide bonds.